The third-order valence-corrected chi connectivity index (χ3v) is 2.59. The van der Waals surface area contributed by atoms with Gasteiger partial charge in [0.25, 0.3) is 5.91 Å². The zero-order valence-corrected chi connectivity index (χ0v) is 10.4. The molecule has 1 amide bonds. The largest absolute Gasteiger partial charge is 0.478 e. The maximum Gasteiger partial charge on any atom is 0.337 e. The van der Waals surface area contributed by atoms with Crippen LogP contribution in [0.3, 0.4) is 0 Å². The van der Waals surface area contributed by atoms with Crippen molar-refractivity contribution in [3.8, 4) is 0 Å². The number of amides is 1. The second-order valence-corrected chi connectivity index (χ2v) is 4.10. The van der Waals surface area contributed by atoms with Gasteiger partial charge in [-0.25, -0.2) is 9.78 Å². The van der Waals surface area contributed by atoms with Crippen molar-refractivity contribution in [2.24, 2.45) is 0 Å². The van der Waals surface area contributed by atoms with Crippen molar-refractivity contribution in [3.05, 3.63) is 58.9 Å². The molecule has 5 nitrogen and oxygen atoms in total. The van der Waals surface area contributed by atoms with Crippen LogP contribution in [0.5, 0.6) is 0 Å². The Balaban J connectivity index is 2.24. The number of carboxylic acid groups (broad SMARTS) is 1. The molecule has 2 rings (SSSR count). The Hall–Kier alpha value is -2.40. The Labute approximate surface area is 113 Å². The average molecular weight is 277 g/mol. The first kappa shape index (κ1) is 13.0. The number of carbonyl (C=O) groups is 2. The van der Waals surface area contributed by atoms with Gasteiger partial charge in [0.15, 0.2) is 0 Å². The van der Waals surface area contributed by atoms with Crippen LogP contribution < -0.4 is 5.32 Å². The van der Waals surface area contributed by atoms with Gasteiger partial charge in [-0.15, -0.1) is 0 Å². The third-order valence-electron chi connectivity index (χ3n) is 2.37. The fraction of sp³-hybridized carbons (Fsp3) is 0. The van der Waals surface area contributed by atoms with E-state index in [2.05, 4.69) is 10.3 Å². The van der Waals surface area contributed by atoms with Gasteiger partial charge in [-0.2, -0.15) is 0 Å². The van der Waals surface area contributed by atoms with E-state index >= 15 is 0 Å². The highest BCUT2D eigenvalue weighted by atomic mass is 35.5. The van der Waals surface area contributed by atoms with Crippen LogP contribution >= 0.6 is 11.6 Å². The molecule has 0 fully saturated rings. The molecule has 0 spiro atoms. The normalized spacial score (nSPS) is 9.95. The van der Waals surface area contributed by atoms with E-state index in [4.69, 9.17) is 16.7 Å². The predicted octanol–water partition coefficient (Wildman–Crippen LogP) is 2.69. The molecule has 1 aromatic carbocycles. The van der Waals surface area contributed by atoms with Crippen molar-refractivity contribution in [1.82, 2.24) is 4.98 Å². The Morgan fingerprint density at radius 2 is 1.89 bits per heavy atom. The van der Waals surface area contributed by atoms with E-state index < -0.39 is 11.9 Å². The fourth-order valence-electron chi connectivity index (χ4n) is 1.48. The standard InChI is InChI=1S/C13H9ClN2O3/c14-8-5-6-11(15-7-8)12(17)16-10-4-2-1-3-9(10)13(18)19/h1-7H,(H,16,17)(H,18,19). The molecule has 0 aliphatic heterocycles. The third kappa shape index (κ3) is 3.08. The zero-order valence-electron chi connectivity index (χ0n) is 9.63. The number of para-hydroxylation sites is 1. The summed E-state index contributed by atoms with van der Waals surface area (Å²) in [4.78, 5) is 26.7. The van der Waals surface area contributed by atoms with Crippen LogP contribution in [0, 0.1) is 0 Å². The molecule has 0 saturated heterocycles. The zero-order chi connectivity index (χ0) is 13.8. The minimum atomic E-state index is -1.11. The first-order valence-electron chi connectivity index (χ1n) is 5.33. The molecule has 96 valence electrons. The molecule has 0 saturated carbocycles. The topological polar surface area (TPSA) is 79.3 Å². The van der Waals surface area contributed by atoms with E-state index in [-0.39, 0.29) is 16.9 Å². The van der Waals surface area contributed by atoms with E-state index in [1.54, 1.807) is 12.1 Å². The molecule has 0 aliphatic rings. The highest BCUT2D eigenvalue weighted by molar-refractivity contribution is 6.30. The smallest absolute Gasteiger partial charge is 0.337 e. The molecule has 0 aliphatic carbocycles. The summed E-state index contributed by atoms with van der Waals surface area (Å²) in [5.41, 5.74) is 0.395. The highest BCUT2D eigenvalue weighted by Crippen LogP contribution is 2.16. The summed E-state index contributed by atoms with van der Waals surface area (Å²) >= 11 is 5.67. The van der Waals surface area contributed by atoms with Crippen molar-refractivity contribution < 1.29 is 14.7 Å². The Kier molecular flexibility index (Phi) is 3.77. The number of pyridine rings is 1. The van der Waals surface area contributed by atoms with Crippen LogP contribution in [0.2, 0.25) is 5.02 Å². The van der Waals surface area contributed by atoms with Gasteiger partial charge in [0, 0.05) is 6.20 Å². The van der Waals surface area contributed by atoms with E-state index in [1.165, 1.54) is 30.5 Å². The lowest BCUT2D eigenvalue weighted by atomic mass is 10.1. The van der Waals surface area contributed by atoms with E-state index in [1.807, 2.05) is 0 Å². The van der Waals surface area contributed by atoms with Crippen molar-refractivity contribution >= 4 is 29.2 Å². The number of hydrogen-bond donors (Lipinski definition) is 2. The molecule has 6 heteroatoms. The molecule has 1 heterocycles. The van der Waals surface area contributed by atoms with Gasteiger partial charge in [-0.3, -0.25) is 4.79 Å². The van der Waals surface area contributed by atoms with E-state index in [0.717, 1.165) is 0 Å². The van der Waals surface area contributed by atoms with Crippen LogP contribution in [-0.2, 0) is 0 Å². The van der Waals surface area contributed by atoms with Gasteiger partial charge < -0.3 is 10.4 Å². The summed E-state index contributed by atoms with van der Waals surface area (Å²) in [6, 6.07) is 9.13. The van der Waals surface area contributed by atoms with E-state index in [0.29, 0.717) is 5.02 Å². The summed E-state index contributed by atoms with van der Waals surface area (Å²) in [7, 11) is 0. The quantitative estimate of drug-likeness (QED) is 0.903. The van der Waals surface area contributed by atoms with Gasteiger partial charge >= 0.3 is 5.97 Å². The lowest BCUT2D eigenvalue weighted by molar-refractivity contribution is 0.0698. The van der Waals surface area contributed by atoms with Crippen molar-refractivity contribution in [3.63, 3.8) is 0 Å². The molecule has 0 radical (unpaired) electrons. The average Bonchev–Trinajstić information content (AvgIpc) is 2.39. The number of carboxylic acids is 1. The second-order valence-electron chi connectivity index (χ2n) is 3.67. The predicted molar refractivity (Wildman–Crippen MR) is 70.6 cm³/mol. The van der Waals surface area contributed by atoms with Crippen molar-refractivity contribution in [2.75, 3.05) is 5.32 Å². The maximum atomic E-state index is 11.9. The van der Waals surface area contributed by atoms with Crippen LogP contribution in [-0.4, -0.2) is 22.0 Å². The van der Waals surface area contributed by atoms with Gasteiger partial charge in [-0.1, -0.05) is 23.7 Å². The van der Waals surface area contributed by atoms with Crippen LogP contribution in [0.15, 0.2) is 42.6 Å². The van der Waals surface area contributed by atoms with Crippen molar-refractivity contribution in [1.29, 1.82) is 0 Å². The number of carbonyl (C=O) groups excluding carboxylic acids is 1. The van der Waals surface area contributed by atoms with Gasteiger partial charge in [0.2, 0.25) is 0 Å². The highest BCUT2D eigenvalue weighted by Gasteiger charge is 2.13. The lowest BCUT2D eigenvalue weighted by Gasteiger charge is -2.07. The second kappa shape index (κ2) is 5.49. The molecule has 2 aromatic rings. The maximum absolute atomic E-state index is 11.9. The van der Waals surface area contributed by atoms with Crippen LogP contribution in [0.25, 0.3) is 0 Å². The minimum absolute atomic E-state index is 0.0183. The first-order valence-corrected chi connectivity index (χ1v) is 5.71. The SMILES string of the molecule is O=C(Nc1ccccc1C(=O)O)c1ccc(Cl)cn1. The molecule has 0 bridgehead atoms. The lowest BCUT2D eigenvalue weighted by Crippen LogP contribution is -2.15. The Bertz CT molecular complexity index is 626. The number of aromatic nitrogens is 1. The summed E-state index contributed by atoms with van der Waals surface area (Å²) in [6.07, 6.45) is 1.35. The molecule has 0 atom stereocenters. The number of benzene rings is 1. The number of aromatic carboxylic acids is 1. The summed E-state index contributed by atoms with van der Waals surface area (Å²) in [6.45, 7) is 0. The number of nitrogens with zero attached hydrogens (tertiary/aromatic N) is 1. The van der Waals surface area contributed by atoms with Gasteiger partial charge in [-0.05, 0) is 24.3 Å². The summed E-state index contributed by atoms with van der Waals surface area (Å²) < 4.78 is 0. The number of halogens is 1. The van der Waals surface area contributed by atoms with Gasteiger partial charge in [0.05, 0.1) is 16.3 Å². The first-order chi connectivity index (χ1) is 9.08. The van der Waals surface area contributed by atoms with Crippen molar-refractivity contribution in [2.45, 2.75) is 0 Å². The Morgan fingerprint density at radius 3 is 2.53 bits per heavy atom. The van der Waals surface area contributed by atoms with Crippen LogP contribution in [0.4, 0.5) is 5.69 Å². The number of anilines is 1. The summed E-state index contributed by atoms with van der Waals surface area (Å²) in [5.74, 6) is -1.61. The molecule has 0 unspecified atom stereocenters. The summed E-state index contributed by atoms with van der Waals surface area (Å²) in [5, 5.41) is 11.9. The number of rotatable bonds is 3. The molecule has 19 heavy (non-hydrogen) atoms. The molecular formula is C13H9ClN2O3. The van der Waals surface area contributed by atoms with Gasteiger partial charge in [0.1, 0.15) is 5.69 Å². The number of hydrogen-bond acceptors (Lipinski definition) is 3. The van der Waals surface area contributed by atoms with E-state index in [9.17, 15) is 9.59 Å². The molecular weight excluding hydrogens is 268 g/mol. The fourth-order valence-corrected chi connectivity index (χ4v) is 1.59. The van der Waals surface area contributed by atoms with Crippen LogP contribution in [0.1, 0.15) is 20.8 Å². The Morgan fingerprint density at radius 1 is 1.16 bits per heavy atom. The molecule has 1 aromatic heterocycles. The monoisotopic (exact) mass is 276 g/mol. The molecule has 2 N–H and O–H groups in total. The number of nitrogens with one attached hydrogen (secondary N) is 1. The minimum Gasteiger partial charge on any atom is -0.478 e.